The van der Waals surface area contributed by atoms with Gasteiger partial charge in [-0.1, -0.05) is 11.3 Å². The monoisotopic (exact) mass is 391 g/mol. The van der Waals surface area contributed by atoms with Crippen LogP contribution in [-0.4, -0.2) is 30.9 Å². The van der Waals surface area contributed by atoms with Gasteiger partial charge in [-0.25, -0.2) is 14.1 Å². The van der Waals surface area contributed by atoms with Crippen LogP contribution < -0.4 is 5.32 Å². The highest BCUT2D eigenvalue weighted by molar-refractivity contribution is 7.14. The summed E-state index contributed by atoms with van der Waals surface area (Å²) in [6.07, 6.45) is 2.85. The summed E-state index contributed by atoms with van der Waals surface area (Å²) in [5.41, 5.74) is 1.80. The number of carbonyl (C=O) groups is 1. The molecule has 0 saturated heterocycles. The highest BCUT2D eigenvalue weighted by Crippen LogP contribution is 2.26. The molecule has 0 fully saturated rings. The summed E-state index contributed by atoms with van der Waals surface area (Å²) in [7, 11) is 0. The third-order valence-corrected chi connectivity index (χ3v) is 4.49. The van der Waals surface area contributed by atoms with Gasteiger partial charge in [-0.05, 0) is 30.3 Å². The van der Waals surface area contributed by atoms with Gasteiger partial charge >= 0.3 is 0 Å². The van der Waals surface area contributed by atoms with Crippen LogP contribution in [0.25, 0.3) is 17.1 Å². The van der Waals surface area contributed by atoms with Gasteiger partial charge in [-0.15, -0.1) is 16.4 Å². The summed E-state index contributed by atoms with van der Waals surface area (Å²) in [6.45, 7) is 0. The van der Waals surface area contributed by atoms with Gasteiger partial charge in [-0.3, -0.25) is 15.1 Å². The number of nitrogens with one attached hydrogen (secondary N) is 1. The van der Waals surface area contributed by atoms with Crippen molar-refractivity contribution < 1.29 is 9.18 Å². The summed E-state index contributed by atoms with van der Waals surface area (Å²) in [4.78, 5) is 21.1. The minimum Gasteiger partial charge on any atom is -0.296 e. The lowest BCUT2D eigenvalue weighted by Gasteiger charge is -2.05. The zero-order valence-corrected chi connectivity index (χ0v) is 14.9. The molecule has 4 aromatic rings. The van der Waals surface area contributed by atoms with E-state index in [4.69, 9.17) is 0 Å². The molecule has 0 radical (unpaired) electrons. The molecule has 0 bridgehead atoms. The first-order chi connectivity index (χ1) is 13.7. The standard InChI is InChI=1S/C18H10FN7OS/c19-12-4-1-5-13(7-12)26-15(9-22-25-26)17(27)24-18-23-14(10-28-18)16-11(8-20)3-2-6-21-16/h1-7,9-10H,(H,23,24,27). The largest absolute Gasteiger partial charge is 0.296 e. The van der Waals surface area contributed by atoms with Gasteiger partial charge in [0.15, 0.2) is 10.8 Å². The minimum atomic E-state index is -0.503. The van der Waals surface area contributed by atoms with Crippen LogP contribution in [0.2, 0.25) is 0 Å². The number of amides is 1. The van der Waals surface area contributed by atoms with Crippen molar-refractivity contribution in [2.75, 3.05) is 5.32 Å². The van der Waals surface area contributed by atoms with Crippen molar-refractivity contribution in [2.24, 2.45) is 0 Å². The van der Waals surface area contributed by atoms with E-state index >= 15 is 0 Å². The number of pyridine rings is 1. The maximum Gasteiger partial charge on any atom is 0.277 e. The minimum absolute atomic E-state index is 0.123. The molecule has 28 heavy (non-hydrogen) atoms. The van der Waals surface area contributed by atoms with Gasteiger partial charge in [0.2, 0.25) is 0 Å². The normalized spacial score (nSPS) is 10.4. The van der Waals surface area contributed by atoms with Gasteiger partial charge in [0.1, 0.15) is 23.3 Å². The lowest BCUT2D eigenvalue weighted by atomic mass is 10.2. The molecular formula is C18H10FN7OS. The average Bonchev–Trinajstić information content (AvgIpc) is 3.37. The SMILES string of the molecule is N#Cc1cccnc1-c1csc(NC(=O)c2cnnn2-c2cccc(F)c2)n1. The number of anilines is 1. The summed E-state index contributed by atoms with van der Waals surface area (Å²) in [6, 6.07) is 11.0. The molecule has 1 aromatic carbocycles. The van der Waals surface area contributed by atoms with Crippen molar-refractivity contribution >= 4 is 22.4 Å². The molecule has 136 valence electrons. The number of rotatable bonds is 4. The van der Waals surface area contributed by atoms with Crippen LogP contribution in [0, 0.1) is 17.1 Å². The lowest BCUT2D eigenvalue weighted by Crippen LogP contribution is -2.17. The van der Waals surface area contributed by atoms with E-state index in [1.807, 2.05) is 0 Å². The number of carbonyl (C=O) groups excluding carboxylic acids is 1. The van der Waals surface area contributed by atoms with E-state index in [0.29, 0.717) is 27.8 Å². The molecule has 0 aliphatic heterocycles. The topological polar surface area (TPSA) is 109 Å². The molecule has 4 rings (SSSR count). The molecular weight excluding hydrogens is 381 g/mol. The van der Waals surface area contributed by atoms with Crippen molar-refractivity contribution in [3.63, 3.8) is 0 Å². The Hall–Kier alpha value is -3.97. The lowest BCUT2D eigenvalue weighted by molar-refractivity contribution is 0.101. The second-order valence-electron chi connectivity index (χ2n) is 5.51. The van der Waals surface area contributed by atoms with E-state index in [1.54, 1.807) is 29.8 Å². The number of nitriles is 1. The Kier molecular flexibility index (Phi) is 4.57. The Morgan fingerprint density at radius 1 is 1.29 bits per heavy atom. The first kappa shape index (κ1) is 17.4. The Balaban J connectivity index is 1.59. The van der Waals surface area contributed by atoms with Gasteiger partial charge < -0.3 is 0 Å². The van der Waals surface area contributed by atoms with Crippen molar-refractivity contribution in [1.82, 2.24) is 25.0 Å². The molecule has 0 spiro atoms. The predicted octanol–water partition coefficient (Wildman–Crippen LogP) is 3.05. The molecule has 3 aromatic heterocycles. The van der Waals surface area contributed by atoms with E-state index in [-0.39, 0.29) is 5.69 Å². The van der Waals surface area contributed by atoms with Crippen LogP contribution in [0.15, 0.2) is 54.2 Å². The maximum absolute atomic E-state index is 13.5. The van der Waals surface area contributed by atoms with Gasteiger partial charge in [0.05, 0.1) is 17.4 Å². The van der Waals surface area contributed by atoms with Gasteiger partial charge in [0, 0.05) is 11.6 Å². The van der Waals surface area contributed by atoms with Crippen molar-refractivity contribution in [1.29, 1.82) is 5.26 Å². The molecule has 0 atom stereocenters. The summed E-state index contributed by atoms with van der Waals surface area (Å²) >= 11 is 1.19. The van der Waals surface area contributed by atoms with Crippen molar-refractivity contribution in [3.05, 3.63) is 71.2 Å². The van der Waals surface area contributed by atoms with Gasteiger partial charge in [0.25, 0.3) is 5.91 Å². The number of benzene rings is 1. The fourth-order valence-corrected chi connectivity index (χ4v) is 3.18. The summed E-state index contributed by atoms with van der Waals surface area (Å²) < 4.78 is 14.7. The van der Waals surface area contributed by atoms with Crippen molar-refractivity contribution in [3.8, 4) is 23.1 Å². The highest BCUT2D eigenvalue weighted by atomic mass is 32.1. The van der Waals surface area contributed by atoms with Crippen LogP contribution in [-0.2, 0) is 0 Å². The molecule has 0 unspecified atom stereocenters. The van der Waals surface area contributed by atoms with E-state index in [2.05, 4.69) is 31.7 Å². The van der Waals surface area contributed by atoms with Crippen LogP contribution in [0.4, 0.5) is 9.52 Å². The molecule has 8 nitrogen and oxygen atoms in total. The Labute approximate surface area is 161 Å². The smallest absolute Gasteiger partial charge is 0.277 e. The van der Waals surface area contributed by atoms with Crippen LogP contribution >= 0.6 is 11.3 Å². The third-order valence-electron chi connectivity index (χ3n) is 3.73. The zero-order chi connectivity index (χ0) is 19.5. The number of nitrogens with zero attached hydrogens (tertiary/aromatic N) is 6. The number of hydrogen-bond donors (Lipinski definition) is 1. The molecule has 0 saturated carbocycles. The third kappa shape index (κ3) is 3.34. The molecule has 10 heteroatoms. The Bertz CT molecular complexity index is 1210. The molecule has 0 aliphatic carbocycles. The van der Waals surface area contributed by atoms with E-state index < -0.39 is 11.7 Å². The Morgan fingerprint density at radius 2 is 2.18 bits per heavy atom. The summed E-state index contributed by atoms with van der Waals surface area (Å²) in [5.74, 6) is -0.954. The molecule has 1 amide bonds. The number of thiazole rings is 1. The predicted molar refractivity (Wildman–Crippen MR) is 99.3 cm³/mol. The summed E-state index contributed by atoms with van der Waals surface area (Å²) in [5, 5.41) is 21.4. The molecule has 3 heterocycles. The van der Waals surface area contributed by atoms with Crippen LogP contribution in [0.3, 0.4) is 0 Å². The molecule has 0 aliphatic rings. The van der Waals surface area contributed by atoms with E-state index in [9.17, 15) is 14.4 Å². The number of aromatic nitrogens is 5. The quantitative estimate of drug-likeness (QED) is 0.573. The molecule has 1 N–H and O–H groups in total. The highest BCUT2D eigenvalue weighted by Gasteiger charge is 2.17. The van der Waals surface area contributed by atoms with Crippen LogP contribution in [0.5, 0.6) is 0 Å². The number of halogens is 1. The maximum atomic E-state index is 13.5. The Morgan fingerprint density at radius 3 is 3.00 bits per heavy atom. The second-order valence-corrected chi connectivity index (χ2v) is 6.37. The number of hydrogen-bond acceptors (Lipinski definition) is 7. The fourth-order valence-electron chi connectivity index (χ4n) is 2.49. The van der Waals surface area contributed by atoms with Crippen molar-refractivity contribution in [2.45, 2.75) is 0 Å². The fraction of sp³-hybridized carbons (Fsp3) is 0. The second kappa shape index (κ2) is 7.34. The van der Waals surface area contributed by atoms with E-state index in [0.717, 1.165) is 0 Å². The first-order valence-electron chi connectivity index (χ1n) is 7.95. The van der Waals surface area contributed by atoms with Gasteiger partial charge in [-0.2, -0.15) is 5.26 Å². The van der Waals surface area contributed by atoms with Crippen LogP contribution in [0.1, 0.15) is 16.1 Å². The van der Waals surface area contributed by atoms with E-state index in [1.165, 1.54) is 40.4 Å². The first-order valence-corrected chi connectivity index (χ1v) is 8.82. The average molecular weight is 391 g/mol. The zero-order valence-electron chi connectivity index (χ0n) is 14.1.